The van der Waals surface area contributed by atoms with E-state index in [1.165, 1.54) is 0 Å². The number of nitrogens with one attached hydrogen (secondary N) is 2. The molecule has 2 rings (SSSR count). The van der Waals surface area contributed by atoms with Crippen molar-refractivity contribution in [1.82, 2.24) is 0 Å². The van der Waals surface area contributed by atoms with Crippen molar-refractivity contribution in [2.75, 3.05) is 0 Å². The van der Waals surface area contributed by atoms with Gasteiger partial charge in [0, 0.05) is 0 Å². The predicted molar refractivity (Wildman–Crippen MR) is 62.5 cm³/mol. The van der Waals surface area contributed by atoms with Crippen LogP contribution < -0.4 is 0 Å². The van der Waals surface area contributed by atoms with Gasteiger partial charge in [-0.3, -0.25) is 0 Å². The zero-order valence-corrected chi connectivity index (χ0v) is 8.67. The molecule has 4 nitrogen and oxygen atoms in total. The quantitative estimate of drug-likeness (QED) is 0.677. The molecule has 0 spiro atoms. The van der Waals surface area contributed by atoms with Gasteiger partial charge >= 0.3 is 0 Å². The number of hydrogen-bond donors (Lipinski definition) is 2. The average Bonchev–Trinajstić information content (AvgIpc) is 2.41. The SMILES string of the molecule is N=N.c1ccc(/N=N/c2ccccc2)cc1. The van der Waals surface area contributed by atoms with Crippen LogP contribution in [-0.4, -0.2) is 0 Å². The first-order valence-corrected chi connectivity index (χ1v) is 4.72. The Kier molecular flexibility index (Phi) is 5.13. The van der Waals surface area contributed by atoms with Gasteiger partial charge in [0.25, 0.3) is 0 Å². The number of hydrogen-bond acceptors (Lipinski definition) is 4. The summed E-state index contributed by atoms with van der Waals surface area (Å²) in [5.74, 6) is 0. The number of rotatable bonds is 2. The highest BCUT2D eigenvalue weighted by molar-refractivity contribution is 5.39. The molecule has 0 fully saturated rings. The van der Waals surface area contributed by atoms with Crippen LogP contribution in [0, 0.1) is 11.1 Å². The summed E-state index contributed by atoms with van der Waals surface area (Å²) in [5, 5.41) is 8.20. The van der Waals surface area contributed by atoms with Gasteiger partial charge in [0.1, 0.15) is 0 Å². The molecule has 0 unspecified atom stereocenters. The number of benzene rings is 2. The second-order valence-corrected chi connectivity index (χ2v) is 2.87. The lowest BCUT2D eigenvalue weighted by Gasteiger charge is -1.91. The molecule has 16 heavy (non-hydrogen) atoms. The molecule has 2 aromatic carbocycles. The van der Waals surface area contributed by atoms with Gasteiger partial charge in [-0.2, -0.15) is 10.2 Å². The monoisotopic (exact) mass is 212 g/mol. The van der Waals surface area contributed by atoms with E-state index in [0.717, 1.165) is 11.4 Å². The van der Waals surface area contributed by atoms with E-state index in [9.17, 15) is 0 Å². The van der Waals surface area contributed by atoms with Crippen molar-refractivity contribution in [2.45, 2.75) is 0 Å². The van der Waals surface area contributed by atoms with Crippen LogP contribution in [-0.2, 0) is 0 Å². The lowest BCUT2D eigenvalue weighted by molar-refractivity contribution is 1.05. The average molecular weight is 212 g/mol. The second-order valence-electron chi connectivity index (χ2n) is 2.87. The maximum absolute atomic E-state index is 5.00. The third kappa shape index (κ3) is 3.79. The van der Waals surface area contributed by atoms with Gasteiger partial charge in [-0.15, -0.1) is 0 Å². The Morgan fingerprint density at radius 1 is 0.562 bits per heavy atom. The van der Waals surface area contributed by atoms with Gasteiger partial charge < -0.3 is 0 Å². The first kappa shape index (κ1) is 11.7. The molecule has 0 saturated heterocycles. The van der Waals surface area contributed by atoms with Gasteiger partial charge in [0.15, 0.2) is 0 Å². The van der Waals surface area contributed by atoms with E-state index >= 15 is 0 Å². The Hall–Kier alpha value is -2.36. The number of nitrogens with zero attached hydrogens (tertiary/aromatic N) is 2. The Labute approximate surface area is 94.0 Å². The van der Waals surface area contributed by atoms with Crippen LogP contribution in [0.25, 0.3) is 0 Å². The minimum Gasteiger partial charge on any atom is -0.213 e. The van der Waals surface area contributed by atoms with Crippen molar-refractivity contribution in [2.24, 2.45) is 10.2 Å². The molecule has 0 aliphatic heterocycles. The fourth-order valence-electron chi connectivity index (χ4n) is 1.10. The molecular formula is C12H12N4. The molecule has 0 amide bonds. The van der Waals surface area contributed by atoms with Crippen molar-refractivity contribution >= 4 is 11.4 Å². The van der Waals surface area contributed by atoms with Crippen LogP contribution in [0.5, 0.6) is 0 Å². The molecule has 0 aliphatic carbocycles. The molecule has 0 radical (unpaired) electrons. The van der Waals surface area contributed by atoms with Crippen LogP contribution in [0.2, 0.25) is 0 Å². The van der Waals surface area contributed by atoms with Crippen molar-refractivity contribution in [3.05, 3.63) is 60.7 Å². The van der Waals surface area contributed by atoms with E-state index in [1.807, 2.05) is 60.7 Å². The molecule has 4 heteroatoms. The van der Waals surface area contributed by atoms with E-state index in [0.29, 0.717) is 0 Å². The molecule has 0 bridgehead atoms. The maximum Gasteiger partial charge on any atom is 0.0857 e. The summed E-state index contributed by atoms with van der Waals surface area (Å²) in [6, 6.07) is 19.4. The van der Waals surface area contributed by atoms with Gasteiger partial charge in [0.05, 0.1) is 11.4 Å². The lowest BCUT2D eigenvalue weighted by Crippen LogP contribution is -1.62. The first-order chi connectivity index (χ1) is 7.95. The highest BCUT2D eigenvalue weighted by atomic mass is 15.1. The van der Waals surface area contributed by atoms with Crippen LogP contribution in [0.3, 0.4) is 0 Å². The van der Waals surface area contributed by atoms with Gasteiger partial charge in [-0.25, -0.2) is 11.1 Å². The number of azo groups is 1. The van der Waals surface area contributed by atoms with Crippen LogP contribution in [0.1, 0.15) is 0 Å². The Morgan fingerprint density at radius 2 is 0.875 bits per heavy atom. The predicted octanol–water partition coefficient (Wildman–Crippen LogP) is 4.70. The Bertz CT molecular complexity index is 384. The first-order valence-electron chi connectivity index (χ1n) is 4.72. The second kappa shape index (κ2) is 7.00. The molecule has 0 saturated carbocycles. The molecule has 80 valence electrons. The summed E-state index contributed by atoms with van der Waals surface area (Å²) in [4.78, 5) is 0. The van der Waals surface area contributed by atoms with Crippen LogP contribution >= 0.6 is 0 Å². The normalized spacial score (nSPS) is 9.50. The standard InChI is InChI=1S/C12H10N2.H2N2/c1-3-7-11(8-4-1)13-14-12-9-5-2-6-10-12;1-2/h1-10H;1-2H/b14-13+;. The van der Waals surface area contributed by atoms with Crippen molar-refractivity contribution in [1.29, 1.82) is 11.1 Å². The molecule has 0 aliphatic rings. The smallest absolute Gasteiger partial charge is 0.0857 e. The molecule has 0 atom stereocenters. The summed E-state index contributed by atoms with van der Waals surface area (Å²) in [5.41, 5.74) is 11.7. The molecule has 2 aromatic rings. The van der Waals surface area contributed by atoms with Crippen LogP contribution in [0.4, 0.5) is 11.4 Å². The largest absolute Gasteiger partial charge is 0.213 e. The van der Waals surface area contributed by atoms with E-state index in [1.54, 1.807) is 0 Å². The summed E-state index contributed by atoms with van der Waals surface area (Å²) < 4.78 is 0. The fourth-order valence-corrected chi connectivity index (χ4v) is 1.10. The zero-order chi connectivity index (χ0) is 11.6. The lowest BCUT2D eigenvalue weighted by atomic mass is 10.3. The molecule has 0 heterocycles. The van der Waals surface area contributed by atoms with Crippen molar-refractivity contribution in [3.8, 4) is 0 Å². The molecule has 2 N–H and O–H groups in total. The van der Waals surface area contributed by atoms with E-state index in [-0.39, 0.29) is 0 Å². The Morgan fingerprint density at radius 3 is 1.19 bits per heavy atom. The topological polar surface area (TPSA) is 72.4 Å². The minimum absolute atomic E-state index is 0.872. The highest BCUT2D eigenvalue weighted by Crippen LogP contribution is 2.16. The summed E-state index contributed by atoms with van der Waals surface area (Å²) in [7, 11) is 0. The van der Waals surface area contributed by atoms with Crippen molar-refractivity contribution < 1.29 is 0 Å². The third-order valence-corrected chi connectivity index (χ3v) is 1.79. The van der Waals surface area contributed by atoms with E-state index in [4.69, 9.17) is 11.1 Å². The fraction of sp³-hybridized carbons (Fsp3) is 0. The van der Waals surface area contributed by atoms with Crippen LogP contribution in [0.15, 0.2) is 70.9 Å². The van der Waals surface area contributed by atoms with E-state index < -0.39 is 0 Å². The minimum atomic E-state index is 0.872. The zero-order valence-electron chi connectivity index (χ0n) is 8.67. The molecule has 0 aromatic heterocycles. The Balaban J connectivity index is 0.000000606. The maximum atomic E-state index is 5.00. The summed E-state index contributed by atoms with van der Waals surface area (Å²) in [6.45, 7) is 0. The molecular weight excluding hydrogens is 200 g/mol. The summed E-state index contributed by atoms with van der Waals surface area (Å²) >= 11 is 0. The van der Waals surface area contributed by atoms with Gasteiger partial charge in [-0.1, -0.05) is 36.4 Å². The van der Waals surface area contributed by atoms with E-state index in [2.05, 4.69) is 10.2 Å². The van der Waals surface area contributed by atoms with Gasteiger partial charge in [0.2, 0.25) is 0 Å². The van der Waals surface area contributed by atoms with Crippen molar-refractivity contribution in [3.63, 3.8) is 0 Å². The van der Waals surface area contributed by atoms with Gasteiger partial charge in [-0.05, 0) is 24.3 Å². The summed E-state index contributed by atoms with van der Waals surface area (Å²) in [6.07, 6.45) is 0. The highest BCUT2D eigenvalue weighted by Gasteiger charge is 1.86. The third-order valence-electron chi connectivity index (χ3n) is 1.79.